The Morgan fingerprint density at radius 3 is 2.88 bits per heavy atom. The van der Waals surface area contributed by atoms with E-state index in [1.165, 1.54) is 12.0 Å². The summed E-state index contributed by atoms with van der Waals surface area (Å²) in [5.74, 6) is 1.32. The highest BCUT2D eigenvalue weighted by atomic mass is 15.2. The molecule has 6 nitrogen and oxygen atoms in total. The van der Waals surface area contributed by atoms with E-state index in [9.17, 15) is 0 Å². The summed E-state index contributed by atoms with van der Waals surface area (Å²) in [6.07, 6.45) is 6.80. The van der Waals surface area contributed by atoms with E-state index in [-0.39, 0.29) is 0 Å². The number of rotatable bonds is 6. The van der Waals surface area contributed by atoms with Gasteiger partial charge >= 0.3 is 0 Å². The molecule has 1 aromatic carbocycles. The molecule has 3 aromatic rings. The molecule has 1 N–H and O–H groups in total. The van der Waals surface area contributed by atoms with E-state index in [1.807, 2.05) is 25.5 Å². The molecule has 0 radical (unpaired) electrons. The van der Waals surface area contributed by atoms with Crippen molar-refractivity contribution in [1.82, 2.24) is 24.6 Å². The zero-order valence-electron chi connectivity index (χ0n) is 15.0. The maximum absolute atomic E-state index is 4.61. The van der Waals surface area contributed by atoms with Crippen LogP contribution < -0.4 is 5.32 Å². The van der Waals surface area contributed by atoms with Crippen LogP contribution in [0.5, 0.6) is 0 Å². The van der Waals surface area contributed by atoms with Crippen molar-refractivity contribution >= 4 is 5.95 Å². The average molecular weight is 348 g/mol. The summed E-state index contributed by atoms with van der Waals surface area (Å²) in [6, 6.07) is 12.6. The van der Waals surface area contributed by atoms with Crippen LogP contribution in [0.4, 0.5) is 5.95 Å². The van der Waals surface area contributed by atoms with Crippen LogP contribution in [0.15, 0.2) is 55.0 Å². The fourth-order valence-electron chi connectivity index (χ4n) is 3.46. The summed E-state index contributed by atoms with van der Waals surface area (Å²) in [4.78, 5) is 11.5. The number of benzene rings is 1. The van der Waals surface area contributed by atoms with Crippen LogP contribution in [0.1, 0.15) is 12.0 Å². The van der Waals surface area contributed by atoms with Gasteiger partial charge in [0.15, 0.2) is 0 Å². The van der Waals surface area contributed by atoms with E-state index in [4.69, 9.17) is 0 Å². The second kappa shape index (κ2) is 7.66. The highest BCUT2D eigenvalue weighted by Gasteiger charge is 2.22. The molecule has 1 unspecified atom stereocenters. The van der Waals surface area contributed by atoms with Gasteiger partial charge < -0.3 is 5.32 Å². The minimum atomic E-state index is 0.629. The molecule has 134 valence electrons. The van der Waals surface area contributed by atoms with Gasteiger partial charge in [-0.15, -0.1) is 0 Å². The Labute approximate surface area is 153 Å². The number of anilines is 1. The predicted octanol–water partition coefficient (Wildman–Crippen LogP) is 2.81. The maximum atomic E-state index is 4.61. The largest absolute Gasteiger partial charge is 0.354 e. The summed E-state index contributed by atoms with van der Waals surface area (Å²) in [6.45, 7) is 4.20. The maximum Gasteiger partial charge on any atom is 0.223 e. The van der Waals surface area contributed by atoms with E-state index < -0.39 is 0 Å². The average Bonchev–Trinajstić information content (AvgIpc) is 3.30. The van der Waals surface area contributed by atoms with Crippen molar-refractivity contribution in [2.45, 2.75) is 13.0 Å². The molecular weight excluding hydrogens is 324 g/mol. The number of hydrogen-bond acceptors (Lipinski definition) is 5. The van der Waals surface area contributed by atoms with Crippen molar-refractivity contribution in [3.8, 4) is 11.3 Å². The molecule has 1 aliphatic rings. The molecule has 2 aromatic heterocycles. The van der Waals surface area contributed by atoms with Crippen molar-refractivity contribution in [2.75, 3.05) is 25.0 Å². The molecule has 26 heavy (non-hydrogen) atoms. The zero-order valence-corrected chi connectivity index (χ0v) is 15.0. The number of hydrogen-bond donors (Lipinski definition) is 1. The van der Waals surface area contributed by atoms with E-state index in [1.54, 1.807) is 10.9 Å². The molecule has 1 fully saturated rings. The summed E-state index contributed by atoms with van der Waals surface area (Å²) in [5.41, 5.74) is 3.29. The predicted molar refractivity (Wildman–Crippen MR) is 103 cm³/mol. The first-order valence-corrected chi connectivity index (χ1v) is 9.08. The molecule has 1 saturated heterocycles. The molecule has 0 bridgehead atoms. The van der Waals surface area contributed by atoms with Crippen LogP contribution in [0.3, 0.4) is 0 Å². The highest BCUT2D eigenvalue weighted by Crippen LogP contribution is 2.20. The minimum absolute atomic E-state index is 0.629. The van der Waals surface area contributed by atoms with Crippen LogP contribution in [0.25, 0.3) is 11.3 Å². The van der Waals surface area contributed by atoms with Crippen LogP contribution in [0.2, 0.25) is 0 Å². The van der Waals surface area contributed by atoms with Gasteiger partial charge in [-0.1, -0.05) is 30.3 Å². The summed E-state index contributed by atoms with van der Waals surface area (Å²) >= 11 is 0. The molecular formula is C20H24N6. The highest BCUT2D eigenvalue weighted by molar-refractivity contribution is 5.57. The van der Waals surface area contributed by atoms with E-state index >= 15 is 0 Å². The number of aryl methyl sites for hydroxylation is 1. The summed E-state index contributed by atoms with van der Waals surface area (Å²) in [7, 11) is 1.91. The Kier molecular flexibility index (Phi) is 4.93. The fourth-order valence-corrected chi connectivity index (χ4v) is 3.46. The van der Waals surface area contributed by atoms with Gasteiger partial charge in [0.05, 0.1) is 11.9 Å². The normalized spacial score (nSPS) is 17.5. The third-order valence-corrected chi connectivity index (χ3v) is 4.82. The zero-order chi connectivity index (χ0) is 17.8. The Bertz CT molecular complexity index is 844. The topological polar surface area (TPSA) is 58.9 Å². The Morgan fingerprint density at radius 1 is 1.19 bits per heavy atom. The lowest BCUT2D eigenvalue weighted by Gasteiger charge is -2.16. The van der Waals surface area contributed by atoms with E-state index in [0.29, 0.717) is 11.9 Å². The van der Waals surface area contributed by atoms with Crippen LogP contribution >= 0.6 is 0 Å². The first kappa shape index (κ1) is 16.7. The second-order valence-electron chi connectivity index (χ2n) is 6.92. The van der Waals surface area contributed by atoms with Crippen LogP contribution in [-0.2, 0) is 13.6 Å². The van der Waals surface area contributed by atoms with Gasteiger partial charge in [0, 0.05) is 44.6 Å². The van der Waals surface area contributed by atoms with Crippen molar-refractivity contribution in [1.29, 1.82) is 0 Å². The van der Waals surface area contributed by atoms with Gasteiger partial charge in [-0.2, -0.15) is 5.10 Å². The smallest absolute Gasteiger partial charge is 0.223 e. The number of nitrogens with one attached hydrogen (secondary N) is 1. The number of aromatic nitrogens is 4. The lowest BCUT2D eigenvalue weighted by molar-refractivity contribution is 0.319. The number of likely N-dealkylation sites (tertiary alicyclic amines) is 1. The van der Waals surface area contributed by atoms with Crippen molar-refractivity contribution in [2.24, 2.45) is 13.0 Å². The fraction of sp³-hybridized carbons (Fsp3) is 0.350. The molecule has 1 aliphatic heterocycles. The van der Waals surface area contributed by atoms with Crippen molar-refractivity contribution in [3.63, 3.8) is 0 Å². The monoisotopic (exact) mass is 348 g/mol. The van der Waals surface area contributed by atoms with Crippen LogP contribution in [-0.4, -0.2) is 44.3 Å². The molecule has 0 amide bonds. The molecule has 1 atom stereocenters. The molecule has 3 heterocycles. The summed E-state index contributed by atoms with van der Waals surface area (Å²) in [5, 5.41) is 7.62. The van der Waals surface area contributed by atoms with Gasteiger partial charge in [-0.3, -0.25) is 9.58 Å². The van der Waals surface area contributed by atoms with Gasteiger partial charge in [0.2, 0.25) is 5.95 Å². The Hall–Kier alpha value is -2.73. The molecule has 0 saturated carbocycles. The SMILES string of the molecule is Cn1cc(-c2ccnc(NCC3CCN(Cc4ccccc4)C3)n2)cn1. The second-order valence-corrected chi connectivity index (χ2v) is 6.92. The molecule has 0 spiro atoms. The van der Waals surface area contributed by atoms with Gasteiger partial charge in [-0.25, -0.2) is 9.97 Å². The molecule has 4 rings (SSSR count). The minimum Gasteiger partial charge on any atom is -0.354 e. The first-order chi connectivity index (χ1) is 12.8. The van der Waals surface area contributed by atoms with Gasteiger partial charge in [0.1, 0.15) is 0 Å². The Morgan fingerprint density at radius 2 is 2.08 bits per heavy atom. The van der Waals surface area contributed by atoms with Crippen LogP contribution in [0, 0.1) is 5.92 Å². The Balaban J connectivity index is 1.31. The molecule has 0 aliphatic carbocycles. The third-order valence-electron chi connectivity index (χ3n) is 4.82. The van der Waals surface area contributed by atoms with E-state index in [0.717, 1.165) is 37.4 Å². The first-order valence-electron chi connectivity index (χ1n) is 9.08. The van der Waals surface area contributed by atoms with Gasteiger partial charge in [-0.05, 0) is 30.5 Å². The van der Waals surface area contributed by atoms with Crippen molar-refractivity contribution in [3.05, 3.63) is 60.6 Å². The summed E-state index contributed by atoms with van der Waals surface area (Å²) < 4.78 is 1.78. The van der Waals surface area contributed by atoms with Crippen molar-refractivity contribution < 1.29 is 0 Å². The standard InChI is InChI=1S/C20H24N6/c1-25-15-18(12-23-25)19-7-9-21-20(24-19)22-11-17-8-10-26(14-17)13-16-5-3-2-4-6-16/h2-7,9,12,15,17H,8,10-11,13-14H2,1H3,(H,21,22,24). The molecule has 6 heteroatoms. The lowest BCUT2D eigenvalue weighted by atomic mass is 10.1. The van der Waals surface area contributed by atoms with E-state index in [2.05, 4.69) is 55.6 Å². The van der Waals surface area contributed by atoms with Gasteiger partial charge in [0.25, 0.3) is 0 Å². The number of nitrogens with zero attached hydrogens (tertiary/aromatic N) is 5. The lowest BCUT2D eigenvalue weighted by Crippen LogP contribution is -2.23. The third kappa shape index (κ3) is 4.08. The quantitative estimate of drug-likeness (QED) is 0.742.